The lowest BCUT2D eigenvalue weighted by Crippen LogP contribution is -2.64. The molecule has 2 N–H and O–H groups in total. The van der Waals surface area contributed by atoms with Gasteiger partial charge in [-0.3, -0.25) is 19.5 Å². The summed E-state index contributed by atoms with van der Waals surface area (Å²) in [5, 5.41) is 5.90. The number of rotatable bonds is 7. The lowest BCUT2D eigenvalue weighted by atomic mass is 9.94. The summed E-state index contributed by atoms with van der Waals surface area (Å²) in [6, 6.07) is 11.3. The fraction of sp³-hybridized carbons (Fsp3) is 0.486. The number of likely N-dealkylation sites (N-methyl/N-ethyl adjacent to an activating group) is 1. The van der Waals surface area contributed by atoms with E-state index in [0.29, 0.717) is 35.9 Å². The summed E-state index contributed by atoms with van der Waals surface area (Å²) >= 11 is 1.36. The van der Waals surface area contributed by atoms with Crippen molar-refractivity contribution < 1.29 is 19.1 Å². The molecule has 2 aliphatic heterocycles. The van der Waals surface area contributed by atoms with Gasteiger partial charge in [-0.1, -0.05) is 32.9 Å². The van der Waals surface area contributed by atoms with Crippen LogP contribution in [0.3, 0.4) is 0 Å². The summed E-state index contributed by atoms with van der Waals surface area (Å²) in [6.45, 7) is 19.4. The molecule has 2 fully saturated rings. The third kappa shape index (κ3) is 7.27. The second-order valence-corrected chi connectivity index (χ2v) is 14.6. The highest BCUT2D eigenvalue weighted by Crippen LogP contribution is 2.38. The molecule has 1 aromatic carbocycles. The molecule has 0 bridgehead atoms. The van der Waals surface area contributed by atoms with Crippen LogP contribution >= 0.6 is 11.3 Å². The van der Waals surface area contributed by atoms with Crippen molar-refractivity contribution in [3.8, 4) is 11.1 Å². The Morgan fingerprint density at radius 2 is 1.76 bits per heavy atom. The number of carbonyl (C=O) groups excluding carboxylic acids is 3. The van der Waals surface area contributed by atoms with Gasteiger partial charge >= 0.3 is 6.03 Å². The molecule has 2 saturated heterocycles. The van der Waals surface area contributed by atoms with Crippen LogP contribution in [0.4, 0.5) is 16.2 Å². The number of anilines is 2. The second-order valence-electron chi connectivity index (χ2n) is 13.5. The van der Waals surface area contributed by atoms with E-state index in [1.165, 1.54) is 11.3 Å². The van der Waals surface area contributed by atoms with Crippen molar-refractivity contribution in [1.29, 1.82) is 0 Å². The minimum Gasteiger partial charge on any atom is -0.379 e. The van der Waals surface area contributed by atoms with Gasteiger partial charge in [0, 0.05) is 61.6 Å². The third-order valence-corrected chi connectivity index (χ3v) is 10.3. The predicted molar refractivity (Wildman–Crippen MR) is 184 cm³/mol. The Labute approximate surface area is 276 Å². The van der Waals surface area contributed by atoms with Gasteiger partial charge in [0.1, 0.15) is 10.4 Å². The average Bonchev–Trinajstić information content (AvgIpc) is 3.44. The van der Waals surface area contributed by atoms with Crippen molar-refractivity contribution in [2.75, 3.05) is 56.6 Å². The molecule has 0 spiro atoms. The molecule has 246 valence electrons. The molecular formula is C35H46N6O4S. The van der Waals surface area contributed by atoms with Gasteiger partial charge in [-0.25, -0.2) is 4.79 Å². The molecule has 0 unspecified atom stereocenters. The number of nitrogens with zero attached hydrogens (tertiary/aromatic N) is 4. The van der Waals surface area contributed by atoms with Crippen molar-refractivity contribution in [3.63, 3.8) is 0 Å². The molecule has 2 aliphatic rings. The number of aromatic nitrogens is 1. The summed E-state index contributed by atoms with van der Waals surface area (Å²) in [7, 11) is 0. The first-order valence-electron chi connectivity index (χ1n) is 16.0. The molecular weight excluding hydrogens is 600 g/mol. The first kappa shape index (κ1) is 33.6. The standard InChI is InChI=1S/C35H46N6O4S/c1-8-40-13-14-41(35(6,7)32(40)43)31(42)30-28(20-29(46-30)34(3,4)5)38-33(44)37-25-11-9-23(2)27(19-25)24-10-12-26(36-21-24)22-39-15-17-45-18-16-39/h9-12,19-21H,8,13-18,22H2,1-7H3,(H2,37,38,44). The first-order valence-corrected chi connectivity index (χ1v) is 16.8. The topological polar surface area (TPSA) is 107 Å². The quantitative estimate of drug-likeness (QED) is 0.328. The summed E-state index contributed by atoms with van der Waals surface area (Å²) in [5.41, 5.74) is 3.84. The van der Waals surface area contributed by atoms with Crippen LogP contribution in [0.1, 0.15) is 67.3 Å². The average molecular weight is 647 g/mol. The molecule has 3 aromatic rings. The fourth-order valence-corrected chi connectivity index (χ4v) is 6.98. The molecule has 5 rings (SSSR count). The van der Waals surface area contributed by atoms with Crippen LogP contribution in [0, 0.1) is 6.92 Å². The van der Waals surface area contributed by atoms with E-state index in [4.69, 9.17) is 9.72 Å². The number of urea groups is 1. The van der Waals surface area contributed by atoms with E-state index in [9.17, 15) is 14.4 Å². The lowest BCUT2D eigenvalue weighted by molar-refractivity contribution is -0.146. The van der Waals surface area contributed by atoms with Crippen LogP contribution in [0.15, 0.2) is 42.6 Å². The number of ether oxygens (including phenoxy) is 1. The minimum atomic E-state index is -0.995. The Kier molecular flexibility index (Phi) is 9.86. The highest BCUT2D eigenvalue weighted by atomic mass is 32.1. The number of nitrogens with one attached hydrogen (secondary N) is 2. The molecule has 46 heavy (non-hydrogen) atoms. The molecule has 4 amide bonds. The van der Waals surface area contributed by atoms with Gasteiger partial charge in [-0.05, 0) is 68.5 Å². The maximum atomic E-state index is 14.0. The molecule has 0 radical (unpaired) electrons. The number of aryl methyl sites for hydroxylation is 1. The number of thiophene rings is 1. The highest BCUT2D eigenvalue weighted by Gasteiger charge is 2.45. The number of morpholine rings is 1. The van der Waals surface area contributed by atoms with Crippen molar-refractivity contribution in [2.45, 2.75) is 66.0 Å². The number of pyridine rings is 1. The van der Waals surface area contributed by atoms with Crippen LogP contribution in [-0.4, -0.2) is 89.0 Å². The molecule has 11 heteroatoms. The number of piperazine rings is 1. The Balaban J connectivity index is 1.33. The lowest BCUT2D eigenvalue weighted by Gasteiger charge is -2.45. The van der Waals surface area contributed by atoms with Crippen LogP contribution in [0.25, 0.3) is 11.1 Å². The van der Waals surface area contributed by atoms with Gasteiger partial charge in [0.2, 0.25) is 5.91 Å². The largest absolute Gasteiger partial charge is 0.379 e. The van der Waals surface area contributed by atoms with E-state index in [0.717, 1.165) is 60.1 Å². The van der Waals surface area contributed by atoms with Crippen LogP contribution in [0.5, 0.6) is 0 Å². The number of amides is 4. The van der Waals surface area contributed by atoms with E-state index in [2.05, 4.69) is 48.4 Å². The molecule has 4 heterocycles. The highest BCUT2D eigenvalue weighted by molar-refractivity contribution is 7.14. The Morgan fingerprint density at radius 3 is 2.41 bits per heavy atom. The predicted octanol–water partition coefficient (Wildman–Crippen LogP) is 5.98. The van der Waals surface area contributed by atoms with Crippen LogP contribution in [0.2, 0.25) is 0 Å². The van der Waals surface area contributed by atoms with Crippen molar-refractivity contribution in [2.24, 2.45) is 0 Å². The Bertz CT molecular complexity index is 1590. The fourth-order valence-electron chi connectivity index (χ4n) is 5.86. The minimum absolute atomic E-state index is 0.0773. The number of carbonyl (C=O) groups is 3. The summed E-state index contributed by atoms with van der Waals surface area (Å²) in [6.07, 6.45) is 1.88. The normalized spacial score (nSPS) is 17.2. The molecule has 0 aliphatic carbocycles. The number of hydrogen-bond donors (Lipinski definition) is 2. The van der Waals surface area contributed by atoms with Crippen LogP contribution in [-0.2, 0) is 21.5 Å². The number of hydrogen-bond acceptors (Lipinski definition) is 7. The molecule has 0 atom stereocenters. The monoisotopic (exact) mass is 646 g/mol. The van der Waals surface area contributed by atoms with Gasteiger partial charge in [-0.15, -0.1) is 11.3 Å². The summed E-state index contributed by atoms with van der Waals surface area (Å²) < 4.78 is 5.45. The summed E-state index contributed by atoms with van der Waals surface area (Å²) in [5.74, 6) is -0.335. The van der Waals surface area contributed by atoms with Gasteiger partial charge in [0.15, 0.2) is 0 Å². The van der Waals surface area contributed by atoms with Gasteiger partial charge in [0.25, 0.3) is 5.91 Å². The van der Waals surface area contributed by atoms with Gasteiger partial charge in [-0.2, -0.15) is 0 Å². The van der Waals surface area contributed by atoms with E-state index >= 15 is 0 Å². The Hall–Kier alpha value is -3.80. The van der Waals surface area contributed by atoms with Gasteiger partial charge in [0.05, 0.1) is 24.6 Å². The van der Waals surface area contributed by atoms with E-state index in [-0.39, 0.29) is 17.2 Å². The van der Waals surface area contributed by atoms with E-state index in [1.54, 1.807) is 23.6 Å². The first-order chi connectivity index (χ1) is 21.8. The zero-order valence-corrected chi connectivity index (χ0v) is 28.8. The maximum Gasteiger partial charge on any atom is 0.323 e. The van der Waals surface area contributed by atoms with Gasteiger partial charge < -0.3 is 25.2 Å². The van der Waals surface area contributed by atoms with Crippen molar-refractivity contribution >= 4 is 40.6 Å². The zero-order chi connectivity index (χ0) is 33.2. The molecule has 0 saturated carbocycles. The second kappa shape index (κ2) is 13.5. The smallest absolute Gasteiger partial charge is 0.323 e. The molecule has 2 aromatic heterocycles. The van der Waals surface area contributed by atoms with Crippen molar-refractivity contribution in [3.05, 3.63) is 63.6 Å². The van der Waals surface area contributed by atoms with E-state index < -0.39 is 11.6 Å². The third-order valence-electron chi connectivity index (χ3n) is 8.74. The Morgan fingerprint density at radius 1 is 1.02 bits per heavy atom. The maximum absolute atomic E-state index is 14.0. The zero-order valence-electron chi connectivity index (χ0n) is 28.0. The number of benzene rings is 1. The van der Waals surface area contributed by atoms with E-state index in [1.807, 2.05) is 44.3 Å². The summed E-state index contributed by atoms with van der Waals surface area (Å²) in [4.78, 5) is 52.4. The SMILES string of the molecule is CCN1CCN(C(=O)c2sc(C(C)(C)C)cc2NC(=O)Nc2ccc(C)c(-c3ccc(CN4CCOCC4)nc3)c2)C(C)(C)C1=O. The van der Waals surface area contributed by atoms with Crippen molar-refractivity contribution in [1.82, 2.24) is 19.7 Å². The molecule has 10 nitrogen and oxygen atoms in total. The van der Waals surface area contributed by atoms with Crippen LogP contribution < -0.4 is 10.6 Å².